The second-order valence-corrected chi connectivity index (χ2v) is 6.39. The summed E-state index contributed by atoms with van der Waals surface area (Å²) in [4.78, 5) is 10.1. The average molecular weight is 300 g/mol. The zero-order chi connectivity index (χ0) is 15.6. The van der Waals surface area contributed by atoms with E-state index in [9.17, 15) is 0 Å². The molecule has 1 aromatic heterocycles. The molecule has 0 spiro atoms. The number of rotatable bonds is 2. The maximum Gasteiger partial charge on any atom is 0.0968 e. The first-order valence-corrected chi connectivity index (χ1v) is 8.32. The summed E-state index contributed by atoms with van der Waals surface area (Å²) < 4.78 is 0. The first kappa shape index (κ1) is 14.1. The Morgan fingerprint density at radius 2 is 1.26 bits per heavy atom. The molecule has 0 N–H and O–H groups in total. The molecule has 0 unspecified atom stereocenters. The smallest absolute Gasteiger partial charge is 0.0968 e. The summed E-state index contributed by atoms with van der Waals surface area (Å²) in [6.07, 6.45) is 3.29. The van der Waals surface area contributed by atoms with Gasteiger partial charge in [-0.25, -0.2) is 9.97 Å². The van der Waals surface area contributed by atoms with E-state index in [1.165, 1.54) is 17.8 Å². The van der Waals surface area contributed by atoms with Crippen LogP contribution >= 0.6 is 0 Å². The molecular formula is C21H20N2. The summed E-state index contributed by atoms with van der Waals surface area (Å²) >= 11 is 0. The van der Waals surface area contributed by atoms with Gasteiger partial charge < -0.3 is 0 Å². The van der Waals surface area contributed by atoms with Crippen molar-refractivity contribution in [2.24, 2.45) is 5.92 Å². The molecule has 1 atom stereocenters. The number of aryl methyl sites for hydroxylation is 1. The van der Waals surface area contributed by atoms with Crippen LogP contribution in [0.4, 0.5) is 0 Å². The minimum absolute atomic E-state index is 0.697. The summed E-state index contributed by atoms with van der Waals surface area (Å²) in [6.45, 7) is 2.30. The lowest BCUT2D eigenvalue weighted by Crippen LogP contribution is -2.16. The van der Waals surface area contributed by atoms with Gasteiger partial charge >= 0.3 is 0 Å². The number of fused-ring (bicyclic) bond motifs is 1. The minimum atomic E-state index is 0.697. The molecule has 2 heteroatoms. The number of nitrogens with zero attached hydrogens (tertiary/aromatic N) is 2. The second-order valence-electron chi connectivity index (χ2n) is 6.39. The quantitative estimate of drug-likeness (QED) is 0.670. The van der Waals surface area contributed by atoms with Crippen LogP contribution in [0, 0.1) is 5.92 Å². The lowest BCUT2D eigenvalue weighted by molar-refractivity contribution is 0.485. The fourth-order valence-electron chi connectivity index (χ4n) is 3.28. The van der Waals surface area contributed by atoms with Crippen molar-refractivity contribution in [2.75, 3.05) is 0 Å². The summed E-state index contributed by atoms with van der Waals surface area (Å²) in [5, 5.41) is 0. The van der Waals surface area contributed by atoms with Crippen LogP contribution in [0.1, 0.15) is 24.7 Å². The summed E-state index contributed by atoms with van der Waals surface area (Å²) in [6, 6.07) is 20.8. The van der Waals surface area contributed by atoms with Crippen molar-refractivity contribution in [3.8, 4) is 22.5 Å². The largest absolute Gasteiger partial charge is 0.249 e. The van der Waals surface area contributed by atoms with Crippen LogP contribution in [-0.2, 0) is 12.8 Å². The van der Waals surface area contributed by atoms with E-state index in [1.807, 2.05) is 12.1 Å². The predicted molar refractivity (Wildman–Crippen MR) is 94.1 cm³/mol. The van der Waals surface area contributed by atoms with E-state index in [2.05, 4.69) is 55.5 Å². The standard InChI is InChI=1S/C21H20N2/c1-15-12-13-18-19(14-15)23-21(17-10-6-3-7-11-17)20(22-18)16-8-4-2-5-9-16/h2-11,15H,12-14H2,1H3/t15-/m1/s1. The lowest BCUT2D eigenvalue weighted by Gasteiger charge is -2.22. The maximum absolute atomic E-state index is 5.05. The highest BCUT2D eigenvalue weighted by Gasteiger charge is 2.21. The van der Waals surface area contributed by atoms with Gasteiger partial charge in [0.15, 0.2) is 0 Å². The molecule has 114 valence electrons. The summed E-state index contributed by atoms with van der Waals surface area (Å²) in [7, 11) is 0. The van der Waals surface area contributed by atoms with Crippen LogP contribution in [0.2, 0.25) is 0 Å². The van der Waals surface area contributed by atoms with Crippen molar-refractivity contribution < 1.29 is 0 Å². The third kappa shape index (κ3) is 2.77. The van der Waals surface area contributed by atoms with Crippen molar-refractivity contribution in [3.63, 3.8) is 0 Å². The molecular weight excluding hydrogens is 280 g/mol. The van der Waals surface area contributed by atoms with E-state index >= 15 is 0 Å². The number of hydrogen-bond acceptors (Lipinski definition) is 2. The average Bonchev–Trinajstić information content (AvgIpc) is 2.62. The Kier molecular flexibility index (Phi) is 3.66. The van der Waals surface area contributed by atoms with Crippen LogP contribution < -0.4 is 0 Å². The van der Waals surface area contributed by atoms with Crippen LogP contribution in [0.25, 0.3) is 22.5 Å². The van der Waals surface area contributed by atoms with Crippen LogP contribution in [0.5, 0.6) is 0 Å². The van der Waals surface area contributed by atoms with Crippen LogP contribution in [-0.4, -0.2) is 9.97 Å². The third-order valence-corrected chi connectivity index (χ3v) is 4.56. The van der Waals surface area contributed by atoms with Gasteiger partial charge in [0.05, 0.1) is 22.8 Å². The molecule has 0 fully saturated rings. The van der Waals surface area contributed by atoms with E-state index in [-0.39, 0.29) is 0 Å². The molecule has 1 heterocycles. The van der Waals surface area contributed by atoms with Crippen LogP contribution in [0.15, 0.2) is 60.7 Å². The Hall–Kier alpha value is -2.48. The van der Waals surface area contributed by atoms with Crippen molar-refractivity contribution in [1.29, 1.82) is 0 Å². The van der Waals surface area contributed by atoms with Crippen LogP contribution in [0.3, 0.4) is 0 Å². The molecule has 0 radical (unpaired) electrons. The highest BCUT2D eigenvalue weighted by molar-refractivity contribution is 5.78. The van der Waals surface area contributed by atoms with Gasteiger partial charge in [-0.2, -0.15) is 0 Å². The molecule has 0 aliphatic heterocycles. The minimum Gasteiger partial charge on any atom is -0.249 e. The Morgan fingerprint density at radius 1 is 0.739 bits per heavy atom. The van der Waals surface area contributed by atoms with Crippen molar-refractivity contribution >= 4 is 0 Å². The molecule has 2 nitrogen and oxygen atoms in total. The zero-order valence-electron chi connectivity index (χ0n) is 13.4. The zero-order valence-corrected chi connectivity index (χ0v) is 13.4. The molecule has 0 saturated heterocycles. The third-order valence-electron chi connectivity index (χ3n) is 4.56. The number of hydrogen-bond donors (Lipinski definition) is 0. The molecule has 0 bridgehead atoms. The molecule has 2 aromatic carbocycles. The first-order chi connectivity index (χ1) is 11.3. The van der Waals surface area contributed by atoms with Gasteiger partial charge in [-0.3, -0.25) is 0 Å². The summed E-state index contributed by atoms with van der Waals surface area (Å²) in [5.74, 6) is 0.697. The van der Waals surface area contributed by atoms with Gasteiger partial charge in [0, 0.05) is 11.1 Å². The molecule has 4 rings (SSSR count). The molecule has 0 amide bonds. The summed E-state index contributed by atoms with van der Waals surface area (Å²) in [5.41, 5.74) is 6.65. The molecule has 1 aliphatic carbocycles. The fourth-order valence-corrected chi connectivity index (χ4v) is 3.28. The molecule has 0 saturated carbocycles. The highest BCUT2D eigenvalue weighted by atomic mass is 14.9. The van der Waals surface area contributed by atoms with E-state index in [0.717, 1.165) is 35.4 Å². The first-order valence-electron chi connectivity index (χ1n) is 8.32. The Labute approximate surface area is 137 Å². The van der Waals surface area contributed by atoms with Gasteiger partial charge in [-0.05, 0) is 25.2 Å². The van der Waals surface area contributed by atoms with E-state index in [0.29, 0.717) is 5.92 Å². The van der Waals surface area contributed by atoms with Crippen molar-refractivity contribution in [2.45, 2.75) is 26.2 Å². The lowest BCUT2D eigenvalue weighted by atomic mass is 9.90. The monoisotopic (exact) mass is 300 g/mol. The van der Waals surface area contributed by atoms with Gasteiger partial charge in [-0.1, -0.05) is 67.6 Å². The second kappa shape index (κ2) is 5.96. The fraction of sp³-hybridized carbons (Fsp3) is 0.238. The molecule has 23 heavy (non-hydrogen) atoms. The van der Waals surface area contributed by atoms with Gasteiger partial charge in [0.1, 0.15) is 0 Å². The highest BCUT2D eigenvalue weighted by Crippen LogP contribution is 2.32. The van der Waals surface area contributed by atoms with Crippen molar-refractivity contribution in [1.82, 2.24) is 9.97 Å². The molecule has 1 aliphatic rings. The maximum atomic E-state index is 5.05. The van der Waals surface area contributed by atoms with Gasteiger partial charge in [0.2, 0.25) is 0 Å². The van der Waals surface area contributed by atoms with E-state index in [4.69, 9.17) is 9.97 Å². The number of benzene rings is 2. The van der Waals surface area contributed by atoms with Crippen molar-refractivity contribution in [3.05, 3.63) is 72.1 Å². The predicted octanol–water partition coefficient (Wildman–Crippen LogP) is 4.94. The molecule has 3 aromatic rings. The topological polar surface area (TPSA) is 25.8 Å². The van der Waals surface area contributed by atoms with E-state index < -0.39 is 0 Å². The normalized spacial score (nSPS) is 16.8. The van der Waals surface area contributed by atoms with E-state index in [1.54, 1.807) is 0 Å². The number of aromatic nitrogens is 2. The Bertz CT molecular complexity index is 810. The Morgan fingerprint density at radius 3 is 1.83 bits per heavy atom. The van der Waals surface area contributed by atoms with Gasteiger partial charge in [0.25, 0.3) is 0 Å². The SMILES string of the molecule is C[C@@H]1CCc2nc(-c3ccccc3)c(-c3ccccc3)nc2C1. The van der Waals surface area contributed by atoms with Gasteiger partial charge in [-0.15, -0.1) is 0 Å². The Balaban J connectivity index is 1.93.